The minimum Gasteiger partial charge on any atom is -0.307 e. The fraction of sp³-hybridized carbons (Fsp3) is 0.267. The van der Waals surface area contributed by atoms with Crippen LogP contribution in [0.4, 0.5) is 0 Å². The van der Waals surface area contributed by atoms with E-state index in [4.69, 9.17) is 8.98 Å². The van der Waals surface area contributed by atoms with Gasteiger partial charge in [0.05, 0.1) is 6.61 Å². The van der Waals surface area contributed by atoms with Gasteiger partial charge in [-0.05, 0) is 17.9 Å². The standard InChI is InChI=1S/C14H16O3S.CH2O.Na/c1-2-3-11-17-18(15,16)14-10-6-8-12-7-4-5-9-13(12)14;1-2;/h4-10H,2-3,11H2,1H3;1H2;. The van der Waals surface area contributed by atoms with E-state index < -0.39 is 10.1 Å². The monoisotopic (exact) mass is 317 g/mol. The molecule has 6 heteroatoms. The predicted molar refractivity (Wildman–Crippen MR) is 84.9 cm³/mol. The van der Waals surface area contributed by atoms with E-state index in [2.05, 4.69) is 0 Å². The van der Waals surface area contributed by atoms with Crippen molar-refractivity contribution in [1.82, 2.24) is 0 Å². The molecule has 0 fully saturated rings. The molecule has 0 saturated carbocycles. The molecule has 0 aliphatic carbocycles. The van der Waals surface area contributed by atoms with Gasteiger partial charge >= 0.3 is 0 Å². The second-order valence-corrected chi connectivity index (χ2v) is 5.69. The first-order valence-corrected chi connectivity index (χ1v) is 7.72. The fourth-order valence-electron chi connectivity index (χ4n) is 1.79. The van der Waals surface area contributed by atoms with Crippen LogP contribution in [0.2, 0.25) is 0 Å². The average molecular weight is 317 g/mol. The number of rotatable bonds is 5. The van der Waals surface area contributed by atoms with Gasteiger partial charge in [-0.15, -0.1) is 0 Å². The van der Waals surface area contributed by atoms with E-state index in [-0.39, 0.29) is 41.1 Å². The number of unbranched alkanes of at least 4 members (excludes halogenated alkanes) is 1. The van der Waals surface area contributed by atoms with Crippen LogP contribution < -0.4 is 0 Å². The largest absolute Gasteiger partial charge is 0.307 e. The minimum absolute atomic E-state index is 0. The molecule has 4 nitrogen and oxygen atoms in total. The Kier molecular flexibility index (Phi) is 9.74. The Labute approximate surface area is 147 Å². The number of carbonyl (C=O) groups excluding carboxylic acids is 1. The van der Waals surface area contributed by atoms with E-state index in [0.29, 0.717) is 5.39 Å². The van der Waals surface area contributed by atoms with Crippen molar-refractivity contribution in [3.8, 4) is 0 Å². The summed E-state index contributed by atoms with van der Waals surface area (Å²) in [6, 6.07) is 12.6. The summed E-state index contributed by atoms with van der Waals surface area (Å²) in [6.45, 7) is 4.23. The molecule has 2 aromatic carbocycles. The van der Waals surface area contributed by atoms with Gasteiger partial charge in [-0.3, -0.25) is 4.18 Å². The van der Waals surface area contributed by atoms with Crippen LogP contribution in [0.3, 0.4) is 0 Å². The van der Waals surface area contributed by atoms with Crippen molar-refractivity contribution < 1.29 is 17.4 Å². The van der Waals surface area contributed by atoms with Crippen LogP contribution in [0, 0.1) is 0 Å². The molecule has 0 bridgehead atoms. The summed E-state index contributed by atoms with van der Waals surface area (Å²) in [5, 5.41) is 1.61. The van der Waals surface area contributed by atoms with E-state index in [1.807, 2.05) is 38.0 Å². The van der Waals surface area contributed by atoms with Gasteiger partial charge in [-0.2, -0.15) is 8.42 Å². The molecule has 0 aliphatic heterocycles. The molecule has 0 spiro atoms. The Bertz CT molecular complexity index is 650. The second kappa shape index (κ2) is 10.1. The van der Waals surface area contributed by atoms with Crippen molar-refractivity contribution in [1.29, 1.82) is 0 Å². The van der Waals surface area contributed by atoms with Crippen molar-refractivity contribution in [2.75, 3.05) is 6.61 Å². The second-order valence-electron chi connectivity index (χ2n) is 4.11. The Morgan fingerprint density at radius 3 is 2.33 bits per heavy atom. The van der Waals surface area contributed by atoms with Crippen LogP contribution in [0.25, 0.3) is 10.8 Å². The molecule has 0 aromatic heterocycles. The van der Waals surface area contributed by atoms with Gasteiger partial charge in [0.1, 0.15) is 11.7 Å². The quantitative estimate of drug-likeness (QED) is 0.483. The Morgan fingerprint density at radius 2 is 1.67 bits per heavy atom. The summed E-state index contributed by atoms with van der Waals surface area (Å²) in [6.07, 6.45) is 1.65. The van der Waals surface area contributed by atoms with E-state index in [1.54, 1.807) is 18.2 Å². The van der Waals surface area contributed by atoms with Gasteiger partial charge in [-0.1, -0.05) is 49.7 Å². The zero-order valence-electron chi connectivity index (χ0n) is 12.4. The molecule has 2 aromatic rings. The third-order valence-electron chi connectivity index (χ3n) is 2.76. The normalized spacial score (nSPS) is 10.3. The van der Waals surface area contributed by atoms with Crippen LogP contribution in [-0.2, 0) is 19.1 Å². The molecular formula is C15H18NaO4S. The van der Waals surface area contributed by atoms with Crippen LogP contribution in [0.15, 0.2) is 47.4 Å². The molecule has 0 amide bonds. The first-order chi connectivity index (χ1) is 9.65. The molecule has 109 valence electrons. The van der Waals surface area contributed by atoms with Gasteiger partial charge in [0.25, 0.3) is 10.1 Å². The van der Waals surface area contributed by atoms with Crippen molar-refractivity contribution in [3.63, 3.8) is 0 Å². The summed E-state index contributed by atoms with van der Waals surface area (Å²) in [7, 11) is -3.66. The average Bonchev–Trinajstić information content (AvgIpc) is 2.49. The summed E-state index contributed by atoms with van der Waals surface area (Å²) in [5.74, 6) is 0. The molecule has 2 rings (SSSR count). The summed E-state index contributed by atoms with van der Waals surface area (Å²) in [5.41, 5.74) is 0. The molecule has 0 aliphatic rings. The van der Waals surface area contributed by atoms with Crippen molar-refractivity contribution in [2.45, 2.75) is 24.7 Å². The van der Waals surface area contributed by atoms with E-state index in [1.165, 1.54) is 0 Å². The molecule has 0 atom stereocenters. The van der Waals surface area contributed by atoms with E-state index in [0.717, 1.165) is 18.2 Å². The molecule has 0 heterocycles. The Morgan fingerprint density at radius 1 is 1.05 bits per heavy atom. The van der Waals surface area contributed by atoms with Gasteiger partial charge in [-0.25, -0.2) is 0 Å². The Hall–Kier alpha value is -0.720. The van der Waals surface area contributed by atoms with Gasteiger partial charge in [0.15, 0.2) is 0 Å². The first kappa shape index (κ1) is 20.3. The van der Waals surface area contributed by atoms with Crippen LogP contribution in [0.1, 0.15) is 19.8 Å². The van der Waals surface area contributed by atoms with Gasteiger partial charge < -0.3 is 4.79 Å². The number of hydrogen-bond acceptors (Lipinski definition) is 4. The van der Waals surface area contributed by atoms with Crippen LogP contribution in [0.5, 0.6) is 0 Å². The molecular weight excluding hydrogens is 299 g/mol. The zero-order chi connectivity index (χ0) is 15.0. The first-order valence-electron chi connectivity index (χ1n) is 6.31. The molecule has 1 radical (unpaired) electrons. The number of carbonyl (C=O) groups is 1. The summed E-state index contributed by atoms with van der Waals surface area (Å²) >= 11 is 0. The molecule has 0 unspecified atom stereocenters. The van der Waals surface area contributed by atoms with Crippen LogP contribution >= 0.6 is 0 Å². The maximum absolute atomic E-state index is 12.1. The third-order valence-corrected chi connectivity index (χ3v) is 4.13. The van der Waals surface area contributed by atoms with E-state index in [9.17, 15) is 8.42 Å². The third kappa shape index (κ3) is 5.52. The van der Waals surface area contributed by atoms with Crippen molar-refractivity contribution in [2.24, 2.45) is 0 Å². The summed E-state index contributed by atoms with van der Waals surface area (Å²) < 4.78 is 29.2. The maximum Gasteiger partial charge on any atom is 0.297 e. The van der Waals surface area contributed by atoms with E-state index >= 15 is 0 Å². The zero-order valence-corrected chi connectivity index (χ0v) is 15.2. The number of fused-ring (bicyclic) bond motifs is 1. The molecule has 21 heavy (non-hydrogen) atoms. The molecule has 0 N–H and O–H groups in total. The Balaban J connectivity index is 0.00000128. The van der Waals surface area contributed by atoms with Crippen molar-refractivity contribution >= 4 is 57.2 Å². The molecule has 0 saturated heterocycles. The number of hydrogen-bond donors (Lipinski definition) is 0. The number of benzene rings is 2. The van der Waals surface area contributed by atoms with Gasteiger partial charge in [0, 0.05) is 34.9 Å². The van der Waals surface area contributed by atoms with Crippen LogP contribution in [-0.4, -0.2) is 51.4 Å². The minimum atomic E-state index is -3.66. The maximum atomic E-state index is 12.1. The fourth-order valence-corrected chi connectivity index (χ4v) is 2.95. The predicted octanol–water partition coefficient (Wildman–Crippen LogP) is 2.78. The SMILES string of the molecule is C=O.CCCCOS(=O)(=O)c1cccc2ccccc12.[Na]. The smallest absolute Gasteiger partial charge is 0.297 e. The van der Waals surface area contributed by atoms with Gasteiger partial charge in [0.2, 0.25) is 0 Å². The van der Waals surface area contributed by atoms with Crippen molar-refractivity contribution in [3.05, 3.63) is 42.5 Å². The topological polar surface area (TPSA) is 60.4 Å². The summed E-state index contributed by atoms with van der Waals surface area (Å²) in [4.78, 5) is 8.25.